The third-order valence-electron chi connectivity index (χ3n) is 6.39. The summed E-state index contributed by atoms with van der Waals surface area (Å²) in [6.45, 7) is 6.84. The molecule has 1 N–H and O–H groups in total. The van der Waals surface area contributed by atoms with Crippen molar-refractivity contribution in [2.24, 2.45) is 5.92 Å². The van der Waals surface area contributed by atoms with Crippen molar-refractivity contribution in [3.63, 3.8) is 0 Å². The van der Waals surface area contributed by atoms with Crippen LogP contribution in [0.1, 0.15) is 42.1 Å². The first-order valence-electron chi connectivity index (χ1n) is 12.4. The van der Waals surface area contributed by atoms with E-state index < -0.39 is 17.7 Å². The van der Waals surface area contributed by atoms with Gasteiger partial charge in [0.15, 0.2) is 0 Å². The van der Waals surface area contributed by atoms with Crippen LogP contribution in [0.15, 0.2) is 72.6 Å². The van der Waals surface area contributed by atoms with Crippen molar-refractivity contribution in [2.45, 2.75) is 33.4 Å². The Balaban J connectivity index is 1.79. The minimum atomic E-state index is -0.735. The molecule has 4 rings (SSSR count). The highest BCUT2D eigenvalue weighted by Gasteiger charge is 2.46. The molecule has 3 aromatic rings. The zero-order valence-electron chi connectivity index (χ0n) is 21.9. The summed E-state index contributed by atoms with van der Waals surface area (Å²) < 4.78 is 5.86. The average molecular weight is 500 g/mol. The van der Waals surface area contributed by atoms with E-state index in [1.54, 1.807) is 30.6 Å². The second-order valence-electron chi connectivity index (χ2n) is 9.95. The van der Waals surface area contributed by atoms with E-state index >= 15 is 0 Å². The molecule has 1 aliphatic rings. The molecule has 37 heavy (non-hydrogen) atoms. The number of aryl methyl sites for hydroxylation is 1. The van der Waals surface area contributed by atoms with E-state index in [0.717, 1.165) is 28.1 Å². The van der Waals surface area contributed by atoms with Gasteiger partial charge in [0.1, 0.15) is 11.5 Å². The highest BCUT2D eigenvalue weighted by Crippen LogP contribution is 2.41. The summed E-state index contributed by atoms with van der Waals surface area (Å²) >= 11 is 0. The van der Waals surface area contributed by atoms with Crippen LogP contribution >= 0.6 is 0 Å². The van der Waals surface area contributed by atoms with Crippen molar-refractivity contribution < 1.29 is 19.4 Å². The summed E-state index contributed by atoms with van der Waals surface area (Å²) in [6.07, 6.45) is 3.30. The van der Waals surface area contributed by atoms with Crippen LogP contribution in [0.25, 0.3) is 5.76 Å². The Morgan fingerprint density at radius 2 is 1.73 bits per heavy atom. The highest BCUT2D eigenvalue weighted by molar-refractivity contribution is 6.46. The van der Waals surface area contributed by atoms with E-state index in [-0.39, 0.29) is 17.9 Å². The van der Waals surface area contributed by atoms with Gasteiger partial charge in [0.2, 0.25) is 0 Å². The Morgan fingerprint density at radius 3 is 2.32 bits per heavy atom. The number of pyridine rings is 1. The van der Waals surface area contributed by atoms with Gasteiger partial charge in [0.05, 0.1) is 18.2 Å². The molecule has 7 nitrogen and oxygen atoms in total. The highest BCUT2D eigenvalue weighted by atomic mass is 16.5. The zero-order chi connectivity index (χ0) is 26.7. The fraction of sp³-hybridized carbons (Fsp3) is 0.300. The molecule has 1 aliphatic heterocycles. The van der Waals surface area contributed by atoms with Crippen LogP contribution in [0.3, 0.4) is 0 Å². The number of likely N-dealkylation sites (tertiary alicyclic amines) is 1. The fourth-order valence-electron chi connectivity index (χ4n) is 4.40. The molecule has 7 heteroatoms. The van der Waals surface area contributed by atoms with Crippen LogP contribution in [0, 0.1) is 12.8 Å². The monoisotopic (exact) mass is 499 g/mol. The summed E-state index contributed by atoms with van der Waals surface area (Å²) in [5.74, 6) is -0.447. The predicted octanol–water partition coefficient (Wildman–Crippen LogP) is 5.11. The SMILES string of the molecule is Cc1cc(/C(O)=C2/C(=O)C(=O)N(Cc3ccncc3)C2c2ccc(N(C)C)cc2)ccc1OCC(C)C. The van der Waals surface area contributed by atoms with E-state index in [4.69, 9.17) is 4.74 Å². The molecule has 1 amide bonds. The molecule has 0 saturated carbocycles. The smallest absolute Gasteiger partial charge is 0.295 e. The average Bonchev–Trinajstić information content (AvgIpc) is 3.13. The molecule has 0 aliphatic carbocycles. The summed E-state index contributed by atoms with van der Waals surface area (Å²) in [6, 6.07) is 15.9. The van der Waals surface area contributed by atoms with Gasteiger partial charge in [-0.2, -0.15) is 0 Å². The van der Waals surface area contributed by atoms with Gasteiger partial charge in [-0.15, -0.1) is 0 Å². The van der Waals surface area contributed by atoms with E-state index in [1.165, 1.54) is 4.90 Å². The number of hydrogen-bond acceptors (Lipinski definition) is 6. The number of benzene rings is 2. The second kappa shape index (κ2) is 10.9. The van der Waals surface area contributed by atoms with Crippen LogP contribution in [-0.4, -0.2) is 47.4 Å². The normalized spacial score (nSPS) is 16.9. The number of ketones is 1. The molecule has 0 radical (unpaired) electrons. The lowest BCUT2D eigenvalue weighted by Gasteiger charge is -2.26. The van der Waals surface area contributed by atoms with E-state index in [1.807, 2.05) is 62.3 Å². The van der Waals surface area contributed by atoms with Gasteiger partial charge in [-0.05, 0) is 72.0 Å². The molecule has 2 heterocycles. The maximum atomic E-state index is 13.4. The quantitative estimate of drug-likeness (QED) is 0.263. The molecule has 2 aromatic carbocycles. The van der Waals surface area contributed by atoms with E-state index in [0.29, 0.717) is 18.1 Å². The maximum absolute atomic E-state index is 13.4. The van der Waals surface area contributed by atoms with Crippen molar-refractivity contribution in [2.75, 3.05) is 25.6 Å². The molecular weight excluding hydrogens is 466 g/mol. The number of Topliss-reactive ketones (excluding diaryl/α,β-unsaturated/α-hetero) is 1. The van der Waals surface area contributed by atoms with Crippen molar-refractivity contribution >= 4 is 23.1 Å². The fourth-order valence-corrected chi connectivity index (χ4v) is 4.40. The summed E-state index contributed by atoms with van der Waals surface area (Å²) in [5.41, 5.74) is 3.95. The van der Waals surface area contributed by atoms with Gasteiger partial charge in [-0.3, -0.25) is 14.6 Å². The number of rotatable bonds is 8. The van der Waals surface area contributed by atoms with Gasteiger partial charge in [-0.25, -0.2) is 0 Å². The number of aliphatic hydroxyl groups excluding tert-OH is 1. The number of carbonyl (C=O) groups is 2. The number of ether oxygens (including phenoxy) is 1. The van der Waals surface area contributed by atoms with Crippen molar-refractivity contribution in [1.82, 2.24) is 9.88 Å². The number of anilines is 1. The first kappa shape index (κ1) is 25.9. The Morgan fingerprint density at radius 1 is 1.05 bits per heavy atom. The third kappa shape index (κ3) is 5.50. The molecule has 1 unspecified atom stereocenters. The Kier molecular flexibility index (Phi) is 7.62. The maximum Gasteiger partial charge on any atom is 0.295 e. The lowest BCUT2D eigenvalue weighted by Crippen LogP contribution is -2.29. The second-order valence-corrected chi connectivity index (χ2v) is 9.95. The van der Waals surface area contributed by atoms with Gasteiger partial charge < -0.3 is 19.6 Å². The minimum absolute atomic E-state index is 0.0758. The standard InChI is InChI=1S/C30H33N3O4/c1-19(2)18-37-25-11-8-23(16-20(25)3)28(34)26-27(22-6-9-24(10-7-22)32(4)5)33(30(36)29(26)35)17-21-12-14-31-15-13-21/h6-16,19,27,34H,17-18H2,1-5H3/b28-26-. The Hall–Kier alpha value is -4.13. The summed E-state index contributed by atoms with van der Waals surface area (Å²) in [7, 11) is 3.89. The Labute approximate surface area is 218 Å². The number of hydrogen-bond donors (Lipinski definition) is 1. The summed E-state index contributed by atoms with van der Waals surface area (Å²) in [5, 5.41) is 11.4. The van der Waals surface area contributed by atoms with Crippen LogP contribution in [0.4, 0.5) is 5.69 Å². The Bertz CT molecular complexity index is 1310. The minimum Gasteiger partial charge on any atom is -0.507 e. The number of aliphatic hydroxyl groups is 1. The van der Waals surface area contributed by atoms with Crippen LogP contribution in [0.5, 0.6) is 5.75 Å². The zero-order valence-corrected chi connectivity index (χ0v) is 21.9. The number of aromatic nitrogens is 1. The molecule has 0 spiro atoms. The summed E-state index contributed by atoms with van der Waals surface area (Å²) in [4.78, 5) is 34.2. The van der Waals surface area contributed by atoms with Gasteiger partial charge in [0, 0.05) is 44.3 Å². The molecule has 1 atom stereocenters. The first-order valence-corrected chi connectivity index (χ1v) is 12.4. The largest absolute Gasteiger partial charge is 0.507 e. The molecule has 0 bridgehead atoms. The lowest BCUT2D eigenvalue weighted by atomic mass is 9.94. The van der Waals surface area contributed by atoms with Gasteiger partial charge in [-0.1, -0.05) is 26.0 Å². The third-order valence-corrected chi connectivity index (χ3v) is 6.39. The molecule has 192 valence electrons. The molecule has 1 aromatic heterocycles. The van der Waals surface area contributed by atoms with Crippen molar-refractivity contribution in [3.05, 3.63) is 94.8 Å². The molecule has 1 fully saturated rings. The van der Waals surface area contributed by atoms with Crippen LogP contribution < -0.4 is 9.64 Å². The lowest BCUT2D eigenvalue weighted by molar-refractivity contribution is -0.140. The van der Waals surface area contributed by atoms with Gasteiger partial charge >= 0.3 is 0 Å². The van der Waals surface area contributed by atoms with Crippen LogP contribution in [0.2, 0.25) is 0 Å². The van der Waals surface area contributed by atoms with E-state index in [9.17, 15) is 14.7 Å². The van der Waals surface area contributed by atoms with Crippen molar-refractivity contribution in [3.8, 4) is 5.75 Å². The molecule has 1 saturated heterocycles. The number of carbonyl (C=O) groups excluding carboxylic acids is 2. The topological polar surface area (TPSA) is 83.0 Å². The first-order chi connectivity index (χ1) is 17.7. The van der Waals surface area contributed by atoms with E-state index in [2.05, 4.69) is 18.8 Å². The predicted molar refractivity (Wildman–Crippen MR) is 144 cm³/mol. The number of nitrogens with zero attached hydrogens (tertiary/aromatic N) is 3. The van der Waals surface area contributed by atoms with Gasteiger partial charge in [0.25, 0.3) is 11.7 Å². The van der Waals surface area contributed by atoms with Crippen LogP contribution in [-0.2, 0) is 16.1 Å². The molecular formula is C30H33N3O4. The van der Waals surface area contributed by atoms with Crippen molar-refractivity contribution in [1.29, 1.82) is 0 Å². The number of amides is 1.